The van der Waals surface area contributed by atoms with Gasteiger partial charge in [-0.2, -0.15) is 4.98 Å². The Labute approximate surface area is 182 Å². The van der Waals surface area contributed by atoms with E-state index in [9.17, 15) is 9.32 Å². The molecule has 8 nitrogen and oxygen atoms in total. The molecule has 0 saturated carbocycles. The first kappa shape index (κ1) is 21.0. The van der Waals surface area contributed by atoms with E-state index in [2.05, 4.69) is 61.3 Å². The molecular formula is C20H24N6O2S2. The quantitative estimate of drug-likeness (QED) is 0.418. The summed E-state index contributed by atoms with van der Waals surface area (Å²) in [5.74, 6) is 3.16. The second kappa shape index (κ2) is 9.67. The van der Waals surface area contributed by atoms with Crippen molar-refractivity contribution in [2.75, 3.05) is 48.0 Å². The van der Waals surface area contributed by atoms with Crippen molar-refractivity contribution in [1.82, 2.24) is 19.9 Å². The molecule has 0 aliphatic carbocycles. The average Bonchev–Trinajstić information content (AvgIpc) is 2.77. The van der Waals surface area contributed by atoms with Crippen LogP contribution in [0.25, 0.3) is 11.0 Å². The average molecular weight is 445 g/mol. The molecule has 30 heavy (non-hydrogen) atoms. The fraction of sp³-hybridized carbons (Fsp3) is 0.400. The molecule has 3 aromatic rings. The van der Waals surface area contributed by atoms with Gasteiger partial charge in [0, 0.05) is 47.7 Å². The molecule has 0 radical (unpaired) electrons. The number of nitrogens with one attached hydrogen (secondary N) is 1. The third-order valence-electron chi connectivity index (χ3n) is 4.80. The maximum absolute atomic E-state index is 11.8. The number of thioether (sulfide) groups is 1. The first-order valence-electron chi connectivity index (χ1n) is 9.80. The molecule has 2 aromatic heterocycles. The van der Waals surface area contributed by atoms with Crippen molar-refractivity contribution in [2.45, 2.75) is 17.7 Å². The maximum Gasteiger partial charge on any atom is 0.225 e. The molecule has 0 atom stereocenters. The van der Waals surface area contributed by atoms with Gasteiger partial charge in [-0.25, -0.2) is 15.0 Å². The fourth-order valence-electron chi connectivity index (χ4n) is 3.17. The molecule has 158 valence electrons. The second-order valence-electron chi connectivity index (χ2n) is 7.01. The van der Waals surface area contributed by atoms with Gasteiger partial charge in [0.15, 0.2) is 5.82 Å². The van der Waals surface area contributed by atoms with E-state index >= 15 is 0 Å². The normalized spacial score (nSPS) is 14.9. The van der Waals surface area contributed by atoms with Crippen molar-refractivity contribution >= 4 is 45.4 Å². The van der Waals surface area contributed by atoms with Crippen LogP contribution in [0.5, 0.6) is 0 Å². The summed E-state index contributed by atoms with van der Waals surface area (Å²) in [5.41, 5.74) is 3.82. The van der Waals surface area contributed by atoms with Crippen LogP contribution in [0.1, 0.15) is 11.1 Å². The van der Waals surface area contributed by atoms with Gasteiger partial charge >= 0.3 is 0 Å². The highest BCUT2D eigenvalue weighted by molar-refractivity contribution is 7.98. The number of hydrogen-bond donors (Lipinski definition) is 2. The minimum absolute atomic E-state index is 0.0141. The van der Waals surface area contributed by atoms with Gasteiger partial charge < -0.3 is 15.3 Å². The zero-order valence-electron chi connectivity index (χ0n) is 16.7. The summed E-state index contributed by atoms with van der Waals surface area (Å²) >= 11 is 1.61. The Kier molecular flexibility index (Phi) is 6.76. The summed E-state index contributed by atoms with van der Waals surface area (Å²) in [6.45, 7) is 3.74. The number of anilines is 2. The number of benzene rings is 1. The van der Waals surface area contributed by atoms with E-state index in [-0.39, 0.29) is 6.61 Å². The number of rotatable bonds is 7. The van der Waals surface area contributed by atoms with E-state index in [1.165, 1.54) is 11.1 Å². The van der Waals surface area contributed by atoms with Crippen LogP contribution in [0.2, 0.25) is 0 Å². The maximum atomic E-state index is 11.8. The van der Waals surface area contributed by atoms with Gasteiger partial charge in [0.25, 0.3) is 0 Å². The molecule has 1 aliphatic rings. The Morgan fingerprint density at radius 1 is 1.13 bits per heavy atom. The van der Waals surface area contributed by atoms with Gasteiger partial charge in [0.05, 0.1) is 6.61 Å². The van der Waals surface area contributed by atoms with E-state index in [0.29, 0.717) is 48.1 Å². The van der Waals surface area contributed by atoms with Crippen molar-refractivity contribution in [2.24, 2.45) is 0 Å². The lowest BCUT2D eigenvalue weighted by molar-refractivity contribution is 0.311. The summed E-state index contributed by atoms with van der Waals surface area (Å²) in [7, 11) is -0.780. The van der Waals surface area contributed by atoms with E-state index in [1.807, 2.05) is 0 Å². The summed E-state index contributed by atoms with van der Waals surface area (Å²) in [4.78, 5) is 20.4. The molecule has 2 N–H and O–H groups in total. The van der Waals surface area contributed by atoms with Crippen molar-refractivity contribution in [1.29, 1.82) is 0 Å². The Hall–Kier alpha value is -2.30. The van der Waals surface area contributed by atoms with Crippen LogP contribution in [0, 0.1) is 6.92 Å². The highest BCUT2D eigenvalue weighted by Gasteiger charge is 2.22. The molecule has 0 bridgehead atoms. The van der Waals surface area contributed by atoms with Crippen molar-refractivity contribution in [3.8, 4) is 0 Å². The van der Waals surface area contributed by atoms with Gasteiger partial charge in [-0.05, 0) is 12.5 Å². The Morgan fingerprint density at radius 2 is 1.90 bits per heavy atom. The van der Waals surface area contributed by atoms with Gasteiger partial charge in [0.2, 0.25) is 5.95 Å². The summed E-state index contributed by atoms with van der Waals surface area (Å²) in [5, 5.41) is 13.0. The van der Waals surface area contributed by atoms with E-state index in [1.54, 1.807) is 18.1 Å². The Bertz CT molecular complexity index is 1040. The van der Waals surface area contributed by atoms with Crippen LogP contribution in [-0.4, -0.2) is 67.0 Å². The number of fused-ring (bicyclic) bond motifs is 1. The van der Waals surface area contributed by atoms with Crippen molar-refractivity contribution in [3.05, 3.63) is 41.7 Å². The number of nitrogens with zero attached hydrogens (tertiary/aromatic N) is 5. The topological polar surface area (TPSA) is 104 Å². The third kappa shape index (κ3) is 4.88. The smallest absolute Gasteiger partial charge is 0.225 e. The molecule has 1 aliphatic heterocycles. The molecule has 0 amide bonds. The fourth-order valence-corrected chi connectivity index (χ4v) is 5.12. The lowest BCUT2D eigenvalue weighted by Gasteiger charge is -2.28. The van der Waals surface area contributed by atoms with Crippen LogP contribution in [0.3, 0.4) is 0 Å². The Balaban J connectivity index is 1.69. The third-order valence-corrected chi connectivity index (χ3v) is 7.12. The SMILES string of the molecule is Cc1ccc(CSc2ncnc3c(N4CCS(=O)CC4)nc(NCCO)nc23)cc1. The van der Waals surface area contributed by atoms with Gasteiger partial charge in [0.1, 0.15) is 22.4 Å². The lowest BCUT2D eigenvalue weighted by Crippen LogP contribution is -2.38. The zero-order chi connectivity index (χ0) is 20.9. The summed E-state index contributed by atoms with van der Waals surface area (Å²) in [6, 6.07) is 8.44. The molecule has 4 rings (SSSR count). The number of hydrogen-bond acceptors (Lipinski definition) is 9. The molecule has 1 fully saturated rings. The van der Waals surface area contributed by atoms with Crippen LogP contribution >= 0.6 is 11.8 Å². The first-order valence-corrected chi connectivity index (χ1v) is 12.3. The first-order chi connectivity index (χ1) is 14.6. The van der Waals surface area contributed by atoms with Crippen LogP contribution in [-0.2, 0) is 16.6 Å². The predicted molar refractivity (Wildman–Crippen MR) is 122 cm³/mol. The number of aryl methyl sites for hydroxylation is 1. The highest BCUT2D eigenvalue weighted by atomic mass is 32.2. The molecule has 0 unspecified atom stereocenters. The van der Waals surface area contributed by atoms with Crippen LogP contribution < -0.4 is 10.2 Å². The molecule has 1 saturated heterocycles. The second-order valence-corrected chi connectivity index (χ2v) is 9.67. The minimum Gasteiger partial charge on any atom is -0.395 e. The monoisotopic (exact) mass is 444 g/mol. The van der Waals surface area contributed by atoms with E-state index < -0.39 is 10.8 Å². The molecule has 1 aromatic carbocycles. The molecule has 3 heterocycles. The van der Waals surface area contributed by atoms with Gasteiger partial charge in [-0.15, -0.1) is 0 Å². The number of aromatic nitrogens is 4. The molecular weight excluding hydrogens is 420 g/mol. The molecule has 10 heteroatoms. The van der Waals surface area contributed by atoms with Gasteiger partial charge in [-0.1, -0.05) is 41.6 Å². The lowest BCUT2D eigenvalue weighted by atomic mass is 10.2. The minimum atomic E-state index is -0.780. The summed E-state index contributed by atoms with van der Waals surface area (Å²) < 4.78 is 11.8. The standard InChI is InChI=1S/C20H24N6O2S2/c1-14-2-4-15(5-3-14)12-29-19-17-16(22-13-23-19)18(25-20(24-17)21-6-9-27)26-7-10-30(28)11-8-26/h2-5,13,27H,6-12H2,1H3,(H,21,24,25). The number of aliphatic hydroxyl groups is 1. The van der Waals surface area contributed by atoms with E-state index in [4.69, 9.17) is 0 Å². The van der Waals surface area contributed by atoms with Crippen molar-refractivity contribution < 1.29 is 9.32 Å². The zero-order valence-corrected chi connectivity index (χ0v) is 18.4. The van der Waals surface area contributed by atoms with Crippen LogP contribution in [0.4, 0.5) is 11.8 Å². The van der Waals surface area contributed by atoms with E-state index in [0.717, 1.165) is 16.6 Å². The highest BCUT2D eigenvalue weighted by Crippen LogP contribution is 2.31. The predicted octanol–water partition coefficient (Wildman–Crippen LogP) is 1.99. The number of aliphatic hydroxyl groups excluding tert-OH is 1. The van der Waals surface area contributed by atoms with Crippen molar-refractivity contribution in [3.63, 3.8) is 0 Å². The molecule has 0 spiro atoms. The van der Waals surface area contributed by atoms with Gasteiger partial charge in [-0.3, -0.25) is 4.21 Å². The largest absolute Gasteiger partial charge is 0.395 e. The Morgan fingerprint density at radius 3 is 2.63 bits per heavy atom. The summed E-state index contributed by atoms with van der Waals surface area (Å²) in [6.07, 6.45) is 1.55. The van der Waals surface area contributed by atoms with Crippen LogP contribution in [0.15, 0.2) is 35.6 Å².